The Morgan fingerprint density at radius 2 is 1.92 bits per heavy atom. The molecule has 0 aliphatic carbocycles. The summed E-state index contributed by atoms with van der Waals surface area (Å²) in [6.45, 7) is 0.334. The van der Waals surface area contributed by atoms with Crippen LogP contribution in [-0.2, 0) is 14.4 Å². The summed E-state index contributed by atoms with van der Waals surface area (Å²) in [5, 5.41) is 0.990. The van der Waals surface area contributed by atoms with Gasteiger partial charge in [0.1, 0.15) is 6.29 Å². The van der Waals surface area contributed by atoms with Crippen molar-refractivity contribution in [2.75, 3.05) is 6.54 Å². The first-order chi connectivity index (χ1) is 5.75. The summed E-state index contributed by atoms with van der Waals surface area (Å²) >= 11 is 0. The number of nitrogens with zero attached hydrogens (tertiary/aromatic N) is 1. The largest absolute Gasteiger partial charge is 0.303 e. The van der Waals surface area contributed by atoms with E-state index in [9.17, 15) is 14.4 Å². The Kier molecular flexibility index (Phi) is 2.93. The highest BCUT2D eigenvalue weighted by atomic mass is 16.2. The van der Waals surface area contributed by atoms with Crippen molar-refractivity contribution in [1.29, 1.82) is 0 Å². The summed E-state index contributed by atoms with van der Waals surface area (Å²) in [5.74, 6) is -0.434. The molecular weight excluding hydrogens is 160 g/mol. The van der Waals surface area contributed by atoms with Crippen molar-refractivity contribution < 1.29 is 14.4 Å². The molecule has 2 amide bonds. The van der Waals surface area contributed by atoms with Gasteiger partial charge in [-0.25, -0.2) is 10.4 Å². The molecule has 1 fully saturated rings. The number of amides is 2. The average molecular weight is 170 g/mol. The number of nitrogens with one attached hydrogen (secondary N) is 1. The third-order valence-electron chi connectivity index (χ3n) is 1.58. The fourth-order valence-corrected chi connectivity index (χ4v) is 0.988. The van der Waals surface area contributed by atoms with Crippen molar-refractivity contribution >= 4 is 18.1 Å². The van der Waals surface area contributed by atoms with Crippen molar-refractivity contribution in [3.8, 4) is 0 Å². The summed E-state index contributed by atoms with van der Waals surface area (Å²) < 4.78 is 0. The van der Waals surface area contributed by atoms with Gasteiger partial charge < -0.3 is 4.79 Å². The van der Waals surface area contributed by atoms with Crippen molar-refractivity contribution in [2.24, 2.45) is 0 Å². The number of hydrogen-bond acceptors (Lipinski definition) is 4. The predicted molar refractivity (Wildman–Crippen MR) is 39.8 cm³/mol. The van der Waals surface area contributed by atoms with Crippen LogP contribution >= 0.6 is 0 Å². The van der Waals surface area contributed by atoms with Crippen LogP contribution in [0, 0.1) is 0 Å². The molecule has 5 heteroatoms. The molecule has 5 nitrogen and oxygen atoms in total. The third kappa shape index (κ3) is 1.88. The minimum atomic E-state index is -0.217. The van der Waals surface area contributed by atoms with E-state index in [0.29, 0.717) is 13.0 Å². The van der Waals surface area contributed by atoms with Crippen LogP contribution in [0.15, 0.2) is 0 Å². The van der Waals surface area contributed by atoms with Gasteiger partial charge in [-0.1, -0.05) is 0 Å². The van der Waals surface area contributed by atoms with Gasteiger partial charge >= 0.3 is 0 Å². The lowest BCUT2D eigenvalue weighted by Gasteiger charge is -2.13. The van der Waals surface area contributed by atoms with E-state index < -0.39 is 0 Å². The molecule has 1 N–H and O–H groups in total. The second kappa shape index (κ2) is 3.96. The Bertz CT molecular complexity index is 199. The van der Waals surface area contributed by atoms with Gasteiger partial charge in [0.2, 0.25) is 11.8 Å². The van der Waals surface area contributed by atoms with Gasteiger partial charge in [0, 0.05) is 25.8 Å². The highest BCUT2D eigenvalue weighted by molar-refractivity contribution is 6.01. The van der Waals surface area contributed by atoms with Crippen LogP contribution in [0.2, 0.25) is 0 Å². The highest BCUT2D eigenvalue weighted by Crippen LogP contribution is 2.07. The fourth-order valence-electron chi connectivity index (χ4n) is 0.988. The van der Waals surface area contributed by atoms with Gasteiger partial charge in [-0.3, -0.25) is 9.59 Å². The molecule has 0 saturated carbocycles. The maximum absolute atomic E-state index is 10.9. The minimum absolute atomic E-state index is 0.217. The Morgan fingerprint density at radius 3 is 2.42 bits per heavy atom. The number of aldehydes is 1. The molecule has 0 radical (unpaired) electrons. The van der Waals surface area contributed by atoms with Crippen LogP contribution in [-0.4, -0.2) is 29.7 Å². The standard InChI is InChI=1S/C7H10N2O3/c10-5-1-4-8-9-6(11)2-3-7(9)12/h5,8H,1-4H2. The highest BCUT2D eigenvalue weighted by Gasteiger charge is 2.28. The molecule has 0 unspecified atom stereocenters. The summed E-state index contributed by atoms with van der Waals surface area (Å²) in [6, 6.07) is 0. The van der Waals surface area contributed by atoms with Crippen LogP contribution in [0.5, 0.6) is 0 Å². The molecule has 0 bridgehead atoms. The molecule has 0 aromatic heterocycles. The zero-order chi connectivity index (χ0) is 8.97. The Hall–Kier alpha value is -1.23. The normalized spacial score (nSPS) is 17.2. The first-order valence-electron chi connectivity index (χ1n) is 3.78. The zero-order valence-electron chi connectivity index (χ0n) is 6.58. The van der Waals surface area contributed by atoms with E-state index in [0.717, 1.165) is 11.3 Å². The number of rotatable bonds is 4. The quantitative estimate of drug-likeness (QED) is 0.342. The first kappa shape index (κ1) is 8.86. The predicted octanol–water partition coefficient (Wildman–Crippen LogP) is -0.771. The van der Waals surface area contributed by atoms with Crippen LogP contribution in [0.4, 0.5) is 0 Å². The third-order valence-corrected chi connectivity index (χ3v) is 1.58. The van der Waals surface area contributed by atoms with Crippen LogP contribution in [0.3, 0.4) is 0 Å². The van der Waals surface area contributed by atoms with Gasteiger partial charge in [0.15, 0.2) is 0 Å². The lowest BCUT2D eigenvalue weighted by molar-refractivity contribution is -0.142. The van der Waals surface area contributed by atoms with Crippen LogP contribution in [0.1, 0.15) is 19.3 Å². The van der Waals surface area contributed by atoms with Crippen molar-refractivity contribution in [2.45, 2.75) is 19.3 Å². The Balaban J connectivity index is 2.34. The lowest BCUT2D eigenvalue weighted by Crippen LogP contribution is -2.42. The van der Waals surface area contributed by atoms with Gasteiger partial charge in [-0.05, 0) is 0 Å². The minimum Gasteiger partial charge on any atom is -0.303 e. The van der Waals surface area contributed by atoms with Gasteiger partial charge in [0.25, 0.3) is 0 Å². The molecule has 1 heterocycles. The Labute approximate surface area is 69.7 Å². The maximum Gasteiger partial charge on any atom is 0.244 e. The van der Waals surface area contributed by atoms with E-state index >= 15 is 0 Å². The molecule has 0 aromatic rings. The van der Waals surface area contributed by atoms with Gasteiger partial charge in [0.05, 0.1) is 0 Å². The average Bonchev–Trinajstić information content (AvgIpc) is 2.35. The zero-order valence-corrected chi connectivity index (χ0v) is 6.58. The molecule has 66 valence electrons. The van der Waals surface area contributed by atoms with Crippen LogP contribution < -0.4 is 5.43 Å². The number of imide groups is 1. The topological polar surface area (TPSA) is 66.5 Å². The molecule has 1 saturated heterocycles. The maximum atomic E-state index is 10.9. The molecule has 1 aliphatic heterocycles. The Morgan fingerprint density at radius 1 is 1.33 bits per heavy atom. The van der Waals surface area contributed by atoms with E-state index in [-0.39, 0.29) is 24.7 Å². The molecule has 1 rings (SSSR count). The first-order valence-corrected chi connectivity index (χ1v) is 3.78. The summed E-state index contributed by atoms with van der Waals surface area (Å²) in [6.07, 6.45) is 1.58. The second-order valence-corrected chi connectivity index (χ2v) is 2.49. The van der Waals surface area contributed by atoms with E-state index in [1.165, 1.54) is 0 Å². The summed E-state index contributed by atoms with van der Waals surface area (Å²) in [4.78, 5) is 31.8. The lowest BCUT2D eigenvalue weighted by atomic mass is 10.4. The number of carbonyl (C=O) groups is 3. The van der Waals surface area contributed by atoms with E-state index in [4.69, 9.17) is 0 Å². The smallest absolute Gasteiger partial charge is 0.244 e. The van der Waals surface area contributed by atoms with E-state index in [1.807, 2.05) is 0 Å². The molecule has 12 heavy (non-hydrogen) atoms. The second-order valence-electron chi connectivity index (χ2n) is 2.49. The molecular formula is C7H10N2O3. The van der Waals surface area contributed by atoms with E-state index in [2.05, 4.69) is 5.43 Å². The number of hydrogen-bond donors (Lipinski definition) is 1. The monoisotopic (exact) mass is 170 g/mol. The number of carbonyl (C=O) groups excluding carboxylic acids is 3. The summed E-state index contributed by atoms with van der Waals surface area (Å²) in [5.41, 5.74) is 2.59. The molecule has 1 aliphatic rings. The summed E-state index contributed by atoms with van der Waals surface area (Å²) in [7, 11) is 0. The van der Waals surface area contributed by atoms with Crippen molar-refractivity contribution in [3.05, 3.63) is 0 Å². The molecule has 0 spiro atoms. The van der Waals surface area contributed by atoms with Gasteiger partial charge in [-0.15, -0.1) is 0 Å². The van der Waals surface area contributed by atoms with Crippen molar-refractivity contribution in [3.63, 3.8) is 0 Å². The van der Waals surface area contributed by atoms with Crippen molar-refractivity contribution in [1.82, 2.24) is 10.4 Å². The van der Waals surface area contributed by atoms with Crippen LogP contribution in [0.25, 0.3) is 0 Å². The molecule has 0 aromatic carbocycles. The van der Waals surface area contributed by atoms with Gasteiger partial charge in [-0.2, -0.15) is 0 Å². The fraction of sp³-hybridized carbons (Fsp3) is 0.571. The molecule has 0 atom stereocenters. The number of hydrazine groups is 1. The SMILES string of the molecule is O=CCCNN1C(=O)CCC1=O. The van der Waals surface area contributed by atoms with E-state index in [1.54, 1.807) is 0 Å².